The predicted molar refractivity (Wildman–Crippen MR) is 126 cm³/mol. The number of carbonyl (C=O) groups is 1. The number of hydrogen-bond acceptors (Lipinski definition) is 2. The van der Waals surface area contributed by atoms with Crippen LogP contribution in [0.1, 0.15) is 41.8 Å². The van der Waals surface area contributed by atoms with E-state index in [4.69, 9.17) is 4.98 Å². The number of para-hydroxylation sites is 3. The molecule has 0 radical (unpaired) electrons. The van der Waals surface area contributed by atoms with Gasteiger partial charge in [-0.05, 0) is 48.2 Å². The average Bonchev–Trinajstić information content (AvgIpc) is 3.36. The summed E-state index contributed by atoms with van der Waals surface area (Å²) in [5.74, 6) is 1.27. The van der Waals surface area contributed by atoms with Gasteiger partial charge in [0.2, 0.25) is 5.91 Å². The summed E-state index contributed by atoms with van der Waals surface area (Å²) in [5.41, 5.74) is 6.92. The summed E-state index contributed by atoms with van der Waals surface area (Å²) in [6.07, 6.45) is 1.41. The summed E-state index contributed by atoms with van der Waals surface area (Å²) in [6, 6.07) is 25.0. The van der Waals surface area contributed by atoms with Crippen LogP contribution >= 0.6 is 0 Å². The van der Waals surface area contributed by atoms with Crippen LogP contribution in [0.5, 0.6) is 0 Å². The van der Waals surface area contributed by atoms with Gasteiger partial charge in [-0.3, -0.25) is 4.79 Å². The first-order valence-electron chi connectivity index (χ1n) is 11.0. The maximum Gasteiger partial charge on any atom is 0.227 e. The second-order valence-corrected chi connectivity index (χ2v) is 8.36. The third-order valence-corrected chi connectivity index (χ3v) is 6.43. The van der Waals surface area contributed by atoms with E-state index in [1.807, 2.05) is 23.1 Å². The van der Waals surface area contributed by atoms with Crippen molar-refractivity contribution in [2.24, 2.45) is 0 Å². The standard InChI is InChI=1S/C27H27N3O/c1-3-20-11-6-8-14-24(20)29-18-22(16-26(29)31)27-28-23-13-7-9-15-25(23)30(27)17-21-12-5-4-10-19(21)2/h4-15,22H,3,16-18H2,1-2H3/t22-/m0/s1. The molecule has 156 valence electrons. The normalized spacial score (nSPS) is 16.4. The van der Waals surface area contributed by atoms with Gasteiger partial charge in [-0.15, -0.1) is 0 Å². The number of hydrogen-bond donors (Lipinski definition) is 0. The van der Waals surface area contributed by atoms with E-state index in [9.17, 15) is 4.79 Å². The van der Waals surface area contributed by atoms with E-state index < -0.39 is 0 Å². The number of carbonyl (C=O) groups excluding carboxylic acids is 1. The van der Waals surface area contributed by atoms with Gasteiger partial charge in [-0.2, -0.15) is 0 Å². The molecule has 5 rings (SSSR count). The highest BCUT2D eigenvalue weighted by molar-refractivity contribution is 5.97. The zero-order valence-electron chi connectivity index (χ0n) is 18.1. The van der Waals surface area contributed by atoms with Gasteiger partial charge in [-0.1, -0.05) is 61.5 Å². The lowest BCUT2D eigenvalue weighted by Crippen LogP contribution is -2.25. The first-order chi connectivity index (χ1) is 15.2. The fourth-order valence-corrected chi connectivity index (χ4v) is 4.72. The number of aromatic nitrogens is 2. The van der Waals surface area contributed by atoms with Gasteiger partial charge >= 0.3 is 0 Å². The van der Waals surface area contributed by atoms with E-state index in [0.29, 0.717) is 13.0 Å². The van der Waals surface area contributed by atoms with Crippen LogP contribution in [0, 0.1) is 6.92 Å². The molecule has 1 amide bonds. The number of rotatable bonds is 5. The first kappa shape index (κ1) is 19.6. The molecule has 1 saturated heterocycles. The predicted octanol–water partition coefficient (Wildman–Crippen LogP) is 5.48. The number of anilines is 1. The molecular formula is C27H27N3O. The molecule has 0 spiro atoms. The molecule has 4 nitrogen and oxygen atoms in total. The Labute approximate surface area is 183 Å². The van der Waals surface area contributed by atoms with Gasteiger partial charge in [0.25, 0.3) is 0 Å². The third-order valence-electron chi connectivity index (χ3n) is 6.43. The van der Waals surface area contributed by atoms with Gasteiger partial charge in [0.05, 0.1) is 11.0 Å². The van der Waals surface area contributed by atoms with Crippen molar-refractivity contribution < 1.29 is 4.79 Å². The molecule has 0 unspecified atom stereocenters. The summed E-state index contributed by atoms with van der Waals surface area (Å²) in [6.45, 7) is 5.72. The molecule has 0 bridgehead atoms. The van der Waals surface area contributed by atoms with Crippen LogP contribution in [0.15, 0.2) is 72.8 Å². The van der Waals surface area contributed by atoms with E-state index in [1.165, 1.54) is 16.7 Å². The minimum atomic E-state index is 0.0776. The molecule has 2 heterocycles. The fourth-order valence-electron chi connectivity index (χ4n) is 4.72. The highest BCUT2D eigenvalue weighted by Crippen LogP contribution is 2.35. The Kier molecular flexibility index (Phi) is 5.06. The molecule has 1 aliphatic heterocycles. The first-order valence-corrected chi connectivity index (χ1v) is 11.0. The van der Waals surface area contributed by atoms with Crippen LogP contribution in [0.25, 0.3) is 11.0 Å². The zero-order chi connectivity index (χ0) is 21.4. The van der Waals surface area contributed by atoms with Crippen molar-refractivity contribution in [3.05, 3.63) is 95.3 Å². The van der Waals surface area contributed by atoms with Gasteiger partial charge in [-0.25, -0.2) is 4.98 Å². The maximum absolute atomic E-state index is 13.1. The van der Waals surface area contributed by atoms with Gasteiger partial charge in [0.15, 0.2) is 0 Å². The van der Waals surface area contributed by atoms with Crippen LogP contribution in [0.2, 0.25) is 0 Å². The Morgan fingerprint density at radius 3 is 2.45 bits per heavy atom. The Hall–Kier alpha value is -3.40. The lowest BCUT2D eigenvalue weighted by molar-refractivity contribution is -0.117. The SMILES string of the molecule is CCc1ccccc1N1C[C@@H](c2nc3ccccc3n2Cc2ccccc2C)CC1=O. The van der Waals surface area contributed by atoms with Crippen molar-refractivity contribution >= 4 is 22.6 Å². The number of benzene rings is 3. The summed E-state index contributed by atoms with van der Waals surface area (Å²) < 4.78 is 2.31. The van der Waals surface area contributed by atoms with E-state index in [0.717, 1.165) is 35.5 Å². The molecule has 4 aromatic rings. The quantitative estimate of drug-likeness (QED) is 0.438. The Morgan fingerprint density at radius 2 is 1.65 bits per heavy atom. The number of fused-ring (bicyclic) bond motifs is 1. The van der Waals surface area contributed by atoms with Crippen molar-refractivity contribution in [3.8, 4) is 0 Å². The monoisotopic (exact) mass is 409 g/mol. The van der Waals surface area contributed by atoms with Crippen LogP contribution in [-0.2, 0) is 17.8 Å². The molecule has 3 aromatic carbocycles. The molecule has 1 aromatic heterocycles. The minimum Gasteiger partial charge on any atom is -0.323 e. The van der Waals surface area contributed by atoms with Crippen molar-refractivity contribution in [1.82, 2.24) is 9.55 Å². The molecule has 1 fully saturated rings. The number of nitrogens with zero attached hydrogens (tertiary/aromatic N) is 3. The third kappa shape index (κ3) is 3.52. The molecular weight excluding hydrogens is 382 g/mol. The second-order valence-electron chi connectivity index (χ2n) is 8.36. The van der Waals surface area contributed by atoms with E-state index >= 15 is 0 Å². The molecule has 0 N–H and O–H groups in total. The van der Waals surface area contributed by atoms with Crippen LogP contribution < -0.4 is 4.90 Å². The van der Waals surface area contributed by atoms with Gasteiger partial charge in [0, 0.05) is 31.1 Å². The topological polar surface area (TPSA) is 38.1 Å². The van der Waals surface area contributed by atoms with Crippen LogP contribution in [-0.4, -0.2) is 22.0 Å². The Morgan fingerprint density at radius 1 is 0.935 bits per heavy atom. The highest BCUT2D eigenvalue weighted by Gasteiger charge is 2.35. The zero-order valence-corrected chi connectivity index (χ0v) is 18.1. The molecule has 4 heteroatoms. The second kappa shape index (κ2) is 8.03. The van der Waals surface area contributed by atoms with Crippen LogP contribution in [0.4, 0.5) is 5.69 Å². The summed E-state index contributed by atoms with van der Waals surface area (Å²) in [7, 11) is 0. The lowest BCUT2D eigenvalue weighted by Gasteiger charge is -2.20. The van der Waals surface area contributed by atoms with E-state index in [1.54, 1.807) is 0 Å². The summed E-state index contributed by atoms with van der Waals surface area (Å²) in [4.78, 5) is 20.0. The molecule has 1 aliphatic rings. The van der Waals surface area contributed by atoms with Crippen molar-refractivity contribution in [1.29, 1.82) is 0 Å². The average molecular weight is 410 g/mol. The fraction of sp³-hybridized carbons (Fsp3) is 0.259. The highest BCUT2D eigenvalue weighted by atomic mass is 16.2. The number of aryl methyl sites for hydroxylation is 2. The summed E-state index contributed by atoms with van der Waals surface area (Å²) >= 11 is 0. The maximum atomic E-state index is 13.1. The molecule has 31 heavy (non-hydrogen) atoms. The van der Waals surface area contributed by atoms with Gasteiger partial charge < -0.3 is 9.47 Å². The molecule has 0 aliphatic carbocycles. The van der Waals surface area contributed by atoms with Crippen LogP contribution in [0.3, 0.4) is 0 Å². The van der Waals surface area contributed by atoms with E-state index in [2.05, 4.69) is 73.0 Å². The smallest absolute Gasteiger partial charge is 0.227 e. The molecule has 0 saturated carbocycles. The van der Waals surface area contributed by atoms with Crippen molar-refractivity contribution in [3.63, 3.8) is 0 Å². The Balaban J connectivity index is 1.55. The van der Waals surface area contributed by atoms with Crippen molar-refractivity contribution in [2.45, 2.75) is 39.2 Å². The number of imidazole rings is 1. The largest absolute Gasteiger partial charge is 0.323 e. The van der Waals surface area contributed by atoms with Crippen molar-refractivity contribution in [2.75, 3.05) is 11.4 Å². The molecule has 1 atom stereocenters. The minimum absolute atomic E-state index is 0.0776. The number of amides is 1. The lowest BCUT2D eigenvalue weighted by atomic mass is 10.1. The Bertz CT molecular complexity index is 1260. The van der Waals surface area contributed by atoms with E-state index in [-0.39, 0.29) is 11.8 Å². The van der Waals surface area contributed by atoms with Gasteiger partial charge in [0.1, 0.15) is 5.82 Å². The summed E-state index contributed by atoms with van der Waals surface area (Å²) in [5, 5.41) is 0.